The Kier molecular flexibility index (Phi) is 4.53. The molecule has 0 aliphatic heterocycles. The second-order valence-electron chi connectivity index (χ2n) is 3.01. The molecule has 3 N–H and O–H groups in total. The zero-order valence-corrected chi connectivity index (χ0v) is 9.66. The van der Waals surface area contributed by atoms with E-state index in [1.807, 2.05) is 0 Å². The number of nitrogens with one attached hydrogen (secondary N) is 1. The van der Waals surface area contributed by atoms with Crippen molar-refractivity contribution in [1.29, 1.82) is 0 Å². The molecule has 0 radical (unpaired) electrons. The SMILES string of the molecule is COCCOc1ccc(NS(N)(=O)=O)cc1. The molecule has 0 unspecified atom stereocenters. The standard InChI is InChI=1S/C9H14N2O4S/c1-14-6-7-15-9-4-2-8(3-5-9)11-16(10,12)13/h2-5,11H,6-7H2,1H3,(H2,10,12,13). The highest BCUT2D eigenvalue weighted by molar-refractivity contribution is 7.90. The molecule has 0 saturated heterocycles. The van der Waals surface area contributed by atoms with Gasteiger partial charge in [0.05, 0.1) is 6.61 Å². The van der Waals surface area contributed by atoms with E-state index in [0.29, 0.717) is 24.7 Å². The van der Waals surface area contributed by atoms with Gasteiger partial charge < -0.3 is 9.47 Å². The summed E-state index contributed by atoms with van der Waals surface area (Å²) < 4.78 is 33.7. The van der Waals surface area contributed by atoms with Crippen molar-refractivity contribution in [1.82, 2.24) is 0 Å². The Hall–Kier alpha value is -1.31. The van der Waals surface area contributed by atoms with Crippen LogP contribution in [0.1, 0.15) is 0 Å². The maximum atomic E-state index is 10.7. The van der Waals surface area contributed by atoms with Crippen molar-refractivity contribution in [2.45, 2.75) is 0 Å². The van der Waals surface area contributed by atoms with E-state index in [0.717, 1.165) is 0 Å². The lowest BCUT2D eigenvalue weighted by Crippen LogP contribution is -2.21. The van der Waals surface area contributed by atoms with Crippen molar-refractivity contribution in [3.05, 3.63) is 24.3 Å². The predicted octanol–water partition coefficient (Wildman–Crippen LogP) is 0.327. The van der Waals surface area contributed by atoms with E-state index in [1.54, 1.807) is 31.4 Å². The third-order valence-electron chi connectivity index (χ3n) is 1.67. The molecule has 0 spiro atoms. The second kappa shape index (κ2) is 5.69. The van der Waals surface area contributed by atoms with Gasteiger partial charge in [-0.25, -0.2) is 5.14 Å². The Labute approximate surface area is 94.5 Å². The minimum Gasteiger partial charge on any atom is -0.491 e. The molecule has 1 aromatic rings. The van der Waals surface area contributed by atoms with Crippen molar-refractivity contribution in [2.75, 3.05) is 25.0 Å². The van der Waals surface area contributed by atoms with Gasteiger partial charge in [0.25, 0.3) is 10.2 Å². The number of ether oxygens (including phenoxy) is 2. The normalized spacial score (nSPS) is 11.1. The van der Waals surface area contributed by atoms with Crippen LogP contribution in [-0.4, -0.2) is 28.7 Å². The van der Waals surface area contributed by atoms with Gasteiger partial charge in [0, 0.05) is 12.8 Å². The molecule has 7 heteroatoms. The molecule has 0 aromatic heterocycles. The molecule has 0 bridgehead atoms. The summed E-state index contributed by atoms with van der Waals surface area (Å²) in [4.78, 5) is 0. The average molecular weight is 246 g/mol. The van der Waals surface area contributed by atoms with Gasteiger partial charge in [0.15, 0.2) is 0 Å². The summed E-state index contributed by atoms with van der Waals surface area (Å²) in [6.07, 6.45) is 0. The largest absolute Gasteiger partial charge is 0.491 e. The lowest BCUT2D eigenvalue weighted by molar-refractivity contribution is 0.146. The molecule has 16 heavy (non-hydrogen) atoms. The van der Waals surface area contributed by atoms with Crippen LogP contribution in [0.2, 0.25) is 0 Å². The highest BCUT2D eigenvalue weighted by Crippen LogP contribution is 2.15. The maximum absolute atomic E-state index is 10.7. The number of methoxy groups -OCH3 is 1. The topological polar surface area (TPSA) is 90.7 Å². The van der Waals surface area contributed by atoms with Crippen molar-refractivity contribution in [3.63, 3.8) is 0 Å². The summed E-state index contributed by atoms with van der Waals surface area (Å²) in [6.45, 7) is 0.940. The molecule has 0 fully saturated rings. The lowest BCUT2D eigenvalue weighted by Gasteiger charge is -2.07. The Morgan fingerprint density at radius 1 is 1.25 bits per heavy atom. The van der Waals surface area contributed by atoms with Crippen molar-refractivity contribution < 1.29 is 17.9 Å². The van der Waals surface area contributed by atoms with Gasteiger partial charge in [-0.2, -0.15) is 8.42 Å². The Morgan fingerprint density at radius 3 is 2.38 bits per heavy atom. The first-order valence-corrected chi connectivity index (χ1v) is 6.08. The van der Waals surface area contributed by atoms with E-state index in [4.69, 9.17) is 14.6 Å². The molecule has 6 nitrogen and oxygen atoms in total. The average Bonchev–Trinajstić information content (AvgIpc) is 2.19. The molecule has 1 aromatic carbocycles. The molecule has 0 saturated carbocycles. The van der Waals surface area contributed by atoms with Crippen LogP contribution in [0.25, 0.3) is 0 Å². The van der Waals surface area contributed by atoms with E-state index in [-0.39, 0.29) is 0 Å². The van der Waals surface area contributed by atoms with E-state index in [9.17, 15) is 8.42 Å². The number of nitrogens with two attached hydrogens (primary N) is 1. The smallest absolute Gasteiger partial charge is 0.296 e. The van der Waals surface area contributed by atoms with E-state index in [1.165, 1.54) is 0 Å². The van der Waals surface area contributed by atoms with Gasteiger partial charge in [0.1, 0.15) is 12.4 Å². The molecular weight excluding hydrogens is 232 g/mol. The number of benzene rings is 1. The van der Waals surface area contributed by atoms with Crippen LogP contribution in [0.4, 0.5) is 5.69 Å². The van der Waals surface area contributed by atoms with Crippen LogP contribution >= 0.6 is 0 Å². The fourth-order valence-electron chi connectivity index (χ4n) is 1.03. The molecule has 0 amide bonds. The number of hydrogen-bond donors (Lipinski definition) is 2. The molecule has 0 heterocycles. The summed E-state index contributed by atoms with van der Waals surface area (Å²) in [5.41, 5.74) is 0.390. The first kappa shape index (κ1) is 12.8. The Morgan fingerprint density at radius 2 is 1.88 bits per heavy atom. The van der Waals surface area contributed by atoms with Gasteiger partial charge in [-0.05, 0) is 24.3 Å². The molecular formula is C9H14N2O4S. The van der Waals surface area contributed by atoms with Crippen LogP contribution in [0.3, 0.4) is 0 Å². The van der Waals surface area contributed by atoms with Crippen molar-refractivity contribution in [2.24, 2.45) is 5.14 Å². The van der Waals surface area contributed by atoms with Crippen LogP contribution < -0.4 is 14.6 Å². The Bertz CT molecular complexity index is 416. The molecule has 0 atom stereocenters. The monoisotopic (exact) mass is 246 g/mol. The molecule has 0 aliphatic carbocycles. The van der Waals surface area contributed by atoms with Crippen LogP contribution in [0.5, 0.6) is 5.75 Å². The van der Waals surface area contributed by atoms with E-state index < -0.39 is 10.2 Å². The van der Waals surface area contributed by atoms with Crippen LogP contribution in [0, 0.1) is 0 Å². The van der Waals surface area contributed by atoms with Crippen molar-refractivity contribution in [3.8, 4) is 5.75 Å². The molecule has 1 rings (SSSR count). The lowest BCUT2D eigenvalue weighted by atomic mass is 10.3. The zero-order chi connectivity index (χ0) is 12.0. The number of anilines is 1. The maximum Gasteiger partial charge on any atom is 0.296 e. The van der Waals surface area contributed by atoms with Crippen LogP contribution in [-0.2, 0) is 14.9 Å². The van der Waals surface area contributed by atoms with Crippen molar-refractivity contribution >= 4 is 15.9 Å². The second-order valence-corrected chi connectivity index (χ2v) is 4.31. The van der Waals surface area contributed by atoms with E-state index >= 15 is 0 Å². The fourth-order valence-corrected chi connectivity index (χ4v) is 1.49. The first-order valence-electron chi connectivity index (χ1n) is 4.53. The summed E-state index contributed by atoms with van der Waals surface area (Å²) in [7, 11) is -2.14. The van der Waals surface area contributed by atoms with Gasteiger partial charge >= 0.3 is 0 Å². The minimum atomic E-state index is -3.72. The molecule has 90 valence electrons. The molecule has 0 aliphatic rings. The zero-order valence-electron chi connectivity index (χ0n) is 8.84. The minimum absolute atomic E-state index is 0.390. The predicted molar refractivity (Wildman–Crippen MR) is 60.5 cm³/mol. The third kappa shape index (κ3) is 4.96. The quantitative estimate of drug-likeness (QED) is 0.707. The highest BCUT2D eigenvalue weighted by Gasteiger charge is 2.01. The number of rotatable bonds is 6. The summed E-state index contributed by atoms with van der Waals surface area (Å²) in [6, 6.07) is 6.41. The summed E-state index contributed by atoms with van der Waals surface area (Å²) in [5.74, 6) is 0.636. The summed E-state index contributed by atoms with van der Waals surface area (Å²) in [5, 5.41) is 4.82. The van der Waals surface area contributed by atoms with Gasteiger partial charge in [-0.1, -0.05) is 0 Å². The first-order chi connectivity index (χ1) is 7.51. The number of hydrogen-bond acceptors (Lipinski definition) is 4. The Balaban J connectivity index is 2.54. The van der Waals surface area contributed by atoms with Crippen LogP contribution in [0.15, 0.2) is 24.3 Å². The van der Waals surface area contributed by atoms with E-state index in [2.05, 4.69) is 4.72 Å². The highest BCUT2D eigenvalue weighted by atomic mass is 32.2. The van der Waals surface area contributed by atoms with Gasteiger partial charge in [0.2, 0.25) is 0 Å². The third-order valence-corrected chi connectivity index (χ3v) is 2.19. The van der Waals surface area contributed by atoms with Gasteiger partial charge in [-0.3, -0.25) is 4.72 Å². The summed E-state index contributed by atoms with van der Waals surface area (Å²) >= 11 is 0. The fraction of sp³-hybridized carbons (Fsp3) is 0.333. The van der Waals surface area contributed by atoms with Gasteiger partial charge in [-0.15, -0.1) is 0 Å².